The van der Waals surface area contributed by atoms with E-state index in [0.717, 1.165) is 23.7 Å². The molecule has 16 heavy (non-hydrogen) atoms. The number of alkyl halides is 1. The summed E-state index contributed by atoms with van der Waals surface area (Å²) in [7, 11) is 0. The average molecular weight is 288 g/mol. The second kappa shape index (κ2) is 6.48. The first-order valence-electron chi connectivity index (χ1n) is 5.15. The molecule has 0 aliphatic carbocycles. The van der Waals surface area contributed by atoms with Crippen molar-refractivity contribution in [2.45, 2.75) is 19.8 Å². The van der Waals surface area contributed by atoms with Gasteiger partial charge in [-0.2, -0.15) is 0 Å². The van der Waals surface area contributed by atoms with Crippen molar-refractivity contribution in [3.05, 3.63) is 33.9 Å². The van der Waals surface area contributed by atoms with E-state index in [1.54, 1.807) is 12.1 Å². The fourth-order valence-electron chi connectivity index (χ4n) is 1.41. The molecule has 1 aromatic carbocycles. The molecule has 0 spiro atoms. The van der Waals surface area contributed by atoms with E-state index in [1.807, 2.05) is 13.0 Å². The molecule has 0 heterocycles. The second-order valence-electron chi connectivity index (χ2n) is 3.28. The summed E-state index contributed by atoms with van der Waals surface area (Å²) in [6.07, 6.45) is 1.80. The van der Waals surface area contributed by atoms with E-state index in [1.165, 1.54) is 0 Å². The van der Waals surface area contributed by atoms with Crippen LogP contribution in [0.3, 0.4) is 0 Å². The van der Waals surface area contributed by atoms with E-state index in [-0.39, 0.29) is 5.69 Å². The lowest BCUT2D eigenvalue weighted by Crippen LogP contribution is -1.98. The number of ether oxygens (including phenoxy) is 1. The molecular formula is C11H14BrNO3. The lowest BCUT2D eigenvalue weighted by Gasteiger charge is -2.05. The molecule has 0 aromatic heterocycles. The minimum atomic E-state index is -0.400. The molecule has 0 aliphatic rings. The molecule has 0 saturated heterocycles. The Kier molecular flexibility index (Phi) is 5.25. The third kappa shape index (κ3) is 3.48. The zero-order valence-electron chi connectivity index (χ0n) is 9.11. The van der Waals surface area contributed by atoms with Crippen molar-refractivity contribution in [1.29, 1.82) is 0 Å². The van der Waals surface area contributed by atoms with Gasteiger partial charge in [0.25, 0.3) is 0 Å². The minimum Gasteiger partial charge on any atom is -0.487 e. The highest BCUT2D eigenvalue weighted by atomic mass is 79.9. The number of hydrogen-bond acceptors (Lipinski definition) is 3. The van der Waals surface area contributed by atoms with Gasteiger partial charge in [0.05, 0.1) is 11.5 Å². The molecular weight excluding hydrogens is 274 g/mol. The maximum atomic E-state index is 10.8. The quantitative estimate of drug-likeness (QED) is 0.458. The Bertz CT molecular complexity index is 368. The molecule has 4 nitrogen and oxygen atoms in total. The molecule has 0 N–H and O–H groups in total. The number of rotatable bonds is 6. The predicted molar refractivity (Wildman–Crippen MR) is 66.4 cm³/mol. The summed E-state index contributed by atoms with van der Waals surface area (Å²) < 4.78 is 5.21. The van der Waals surface area contributed by atoms with Crippen LogP contribution in [0, 0.1) is 10.1 Å². The number of aryl methyl sites for hydroxylation is 1. The van der Waals surface area contributed by atoms with Crippen LogP contribution < -0.4 is 4.74 Å². The van der Waals surface area contributed by atoms with E-state index in [4.69, 9.17) is 4.74 Å². The van der Waals surface area contributed by atoms with E-state index in [2.05, 4.69) is 15.9 Å². The lowest BCUT2D eigenvalue weighted by atomic mass is 10.1. The molecule has 0 amide bonds. The Morgan fingerprint density at radius 2 is 2.25 bits per heavy atom. The molecule has 1 rings (SSSR count). The minimum absolute atomic E-state index is 0.0499. The highest BCUT2D eigenvalue weighted by Gasteiger charge is 2.15. The number of hydrogen-bond donors (Lipinski definition) is 0. The van der Waals surface area contributed by atoms with Crippen LogP contribution in [0.5, 0.6) is 5.75 Å². The van der Waals surface area contributed by atoms with Gasteiger partial charge in [-0.1, -0.05) is 22.0 Å². The lowest BCUT2D eigenvalue weighted by molar-refractivity contribution is -0.385. The van der Waals surface area contributed by atoms with Crippen molar-refractivity contribution in [1.82, 2.24) is 0 Å². The van der Waals surface area contributed by atoms with Gasteiger partial charge in [-0.25, -0.2) is 0 Å². The number of benzene rings is 1. The molecule has 0 atom stereocenters. The van der Waals surface area contributed by atoms with Crippen LogP contribution in [-0.4, -0.2) is 16.9 Å². The van der Waals surface area contributed by atoms with Crippen LogP contribution in [0.1, 0.15) is 18.9 Å². The molecule has 0 radical (unpaired) electrons. The maximum absolute atomic E-state index is 10.8. The van der Waals surface area contributed by atoms with Gasteiger partial charge in [0.15, 0.2) is 5.75 Å². The topological polar surface area (TPSA) is 52.4 Å². The first-order chi connectivity index (χ1) is 7.69. The van der Waals surface area contributed by atoms with Crippen molar-refractivity contribution in [3.63, 3.8) is 0 Å². The fourth-order valence-corrected chi connectivity index (χ4v) is 1.69. The summed E-state index contributed by atoms with van der Waals surface area (Å²) in [5.74, 6) is 0.343. The molecule has 0 fully saturated rings. The first-order valence-corrected chi connectivity index (χ1v) is 6.27. The van der Waals surface area contributed by atoms with Gasteiger partial charge < -0.3 is 4.74 Å². The van der Waals surface area contributed by atoms with Crippen molar-refractivity contribution in [2.75, 3.05) is 11.9 Å². The first kappa shape index (κ1) is 13.0. The van der Waals surface area contributed by atoms with Crippen molar-refractivity contribution >= 4 is 21.6 Å². The summed E-state index contributed by atoms with van der Waals surface area (Å²) in [5.41, 5.74) is 1.02. The molecule has 0 aliphatic heterocycles. The normalized spacial score (nSPS) is 10.1. The van der Waals surface area contributed by atoms with Crippen LogP contribution in [0.2, 0.25) is 0 Å². The maximum Gasteiger partial charge on any atom is 0.311 e. The van der Waals surface area contributed by atoms with Gasteiger partial charge in [-0.3, -0.25) is 10.1 Å². The standard InChI is InChI=1S/C11H14BrNO3/c1-2-16-11-6-5-9(4-3-7-12)8-10(11)13(14)15/h5-6,8H,2-4,7H2,1H3. The number of nitro benzene ring substituents is 1. The highest BCUT2D eigenvalue weighted by molar-refractivity contribution is 9.09. The predicted octanol–water partition coefficient (Wildman–Crippen LogP) is 3.32. The number of nitro groups is 1. The number of halogens is 1. The summed E-state index contributed by atoms with van der Waals surface area (Å²) >= 11 is 3.34. The Balaban J connectivity index is 2.93. The summed E-state index contributed by atoms with van der Waals surface area (Å²) in [6.45, 7) is 2.24. The van der Waals surface area contributed by atoms with Crippen LogP contribution in [0.4, 0.5) is 5.69 Å². The zero-order chi connectivity index (χ0) is 12.0. The van der Waals surface area contributed by atoms with E-state index >= 15 is 0 Å². The van der Waals surface area contributed by atoms with Gasteiger partial charge in [0.1, 0.15) is 0 Å². The summed E-state index contributed by atoms with van der Waals surface area (Å²) in [6, 6.07) is 5.14. The third-order valence-electron chi connectivity index (χ3n) is 2.12. The smallest absolute Gasteiger partial charge is 0.311 e. The Hall–Kier alpha value is -1.10. The molecule has 88 valence electrons. The van der Waals surface area contributed by atoms with Crippen LogP contribution in [0.25, 0.3) is 0 Å². The average Bonchev–Trinajstić information content (AvgIpc) is 2.27. The van der Waals surface area contributed by atoms with Gasteiger partial charge in [-0.05, 0) is 31.4 Å². The Morgan fingerprint density at radius 3 is 2.81 bits per heavy atom. The van der Waals surface area contributed by atoms with Gasteiger partial charge in [0, 0.05) is 11.4 Å². The Morgan fingerprint density at radius 1 is 1.50 bits per heavy atom. The number of nitrogens with zero attached hydrogens (tertiary/aromatic N) is 1. The Labute approximate surface area is 103 Å². The van der Waals surface area contributed by atoms with Crippen LogP contribution in [-0.2, 0) is 6.42 Å². The summed E-state index contributed by atoms with van der Waals surface area (Å²) in [4.78, 5) is 10.4. The third-order valence-corrected chi connectivity index (χ3v) is 2.68. The van der Waals surface area contributed by atoms with Gasteiger partial charge >= 0.3 is 5.69 Å². The summed E-state index contributed by atoms with van der Waals surface area (Å²) in [5, 5.41) is 11.7. The largest absolute Gasteiger partial charge is 0.487 e. The van der Waals surface area contributed by atoms with E-state index < -0.39 is 4.92 Å². The van der Waals surface area contributed by atoms with E-state index in [0.29, 0.717) is 12.4 Å². The molecule has 5 heteroatoms. The fraction of sp³-hybridized carbons (Fsp3) is 0.455. The molecule has 1 aromatic rings. The van der Waals surface area contributed by atoms with Gasteiger partial charge in [-0.15, -0.1) is 0 Å². The van der Waals surface area contributed by atoms with Crippen LogP contribution >= 0.6 is 15.9 Å². The van der Waals surface area contributed by atoms with Crippen molar-refractivity contribution in [3.8, 4) is 5.75 Å². The van der Waals surface area contributed by atoms with Crippen molar-refractivity contribution < 1.29 is 9.66 Å². The van der Waals surface area contributed by atoms with E-state index in [9.17, 15) is 10.1 Å². The second-order valence-corrected chi connectivity index (χ2v) is 4.08. The molecule has 0 bridgehead atoms. The monoisotopic (exact) mass is 287 g/mol. The molecule has 0 saturated carbocycles. The van der Waals surface area contributed by atoms with Crippen molar-refractivity contribution in [2.24, 2.45) is 0 Å². The van der Waals surface area contributed by atoms with Gasteiger partial charge in [0.2, 0.25) is 0 Å². The molecule has 0 unspecified atom stereocenters. The zero-order valence-corrected chi connectivity index (χ0v) is 10.7. The SMILES string of the molecule is CCOc1ccc(CCCBr)cc1[N+](=O)[O-]. The van der Waals surface area contributed by atoms with Crippen LogP contribution in [0.15, 0.2) is 18.2 Å². The highest BCUT2D eigenvalue weighted by Crippen LogP contribution is 2.28.